The van der Waals surface area contributed by atoms with Crippen LogP contribution in [0.4, 0.5) is 0 Å². The van der Waals surface area contributed by atoms with Crippen LogP contribution >= 0.6 is 0 Å². The van der Waals surface area contributed by atoms with Gasteiger partial charge in [0, 0.05) is 0 Å². The van der Waals surface area contributed by atoms with Crippen LogP contribution in [0.15, 0.2) is 0 Å². The Morgan fingerprint density at radius 3 is 2.67 bits per heavy atom. The van der Waals surface area contributed by atoms with Crippen LogP contribution in [0.25, 0.3) is 0 Å². The van der Waals surface area contributed by atoms with Crippen LogP contribution in [0.2, 0.25) is 5.82 Å². The van der Waals surface area contributed by atoms with Crippen molar-refractivity contribution < 1.29 is 19.0 Å². The molecular weight excluding hydrogens is 159 g/mol. The Bertz CT molecular complexity index is 167. The largest absolute Gasteiger partial charge is 0.466 e. The smallest absolute Gasteiger partial charge is 0.305 e. The van der Waals surface area contributed by atoms with Gasteiger partial charge in [-0.3, -0.25) is 4.79 Å². The van der Waals surface area contributed by atoms with E-state index in [-0.39, 0.29) is 6.29 Å². The molecule has 0 aromatic rings. The Hall–Kier alpha value is -0.545. The van der Waals surface area contributed by atoms with Crippen molar-refractivity contribution in [3.8, 4) is 0 Å². The molecule has 1 unspecified atom stereocenters. The first-order valence-electron chi connectivity index (χ1n) is 3.88. The highest BCUT2D eigenvalue weighted by Crippen LogP contribution is 2.25. The minimum atomic E-state index is -0.832. The molecule has 1 rings (SSSR count). The van der Waals surface area contributed by atoms with Crippen LogP contribution in [-0.2, 0) is 19.0 Å². The SMILES string of the molecule is [B]C(C(=O)OCC)C1OC(C)O1. The molecule has 1 aliphatic heterocycles. The second kappa shape index (κ2) is 3.91. The average Bonchev–Trinajstić information content (AvgIpc) is 1.98. The summed E-state index contributed by atoms with van der Waals surface area (Å²) in [5.74, 6) is -1.32. The molecule has 0 aromatic carbocycles. The number of carbonyl (C=O) groups is 1. The molecule has 0 N–H and O–H groups in total. The number of hydrogen-bond donors (Lipinski definition) is 0. The number of carbonyl (C=O) groups excluding carboxylic acids is 1. The highest BCUT2D eigenvalue weighted by molar-refractivity contribution is 6.23. The minimum absolute atomic E-state index is 0.268. The lowest BCUT2D eigenvalue weighted by Crippen LogP contribution is -2.44. The van der Waals surface area contributed by atoms with Gasteiger partial charge in [-0.05, 0) is 13.8 Å². The average molecular weight is 170 g/mol. The Morgan fingerprint density at radius 1 is 1.67 bits per heavy atom. The summed E-state index contributed by atoms with van der Waals surface area (Å²) in [6.45, 7) is 3.76. The van der Waals surface area contributed by atoms with Gasteiger partial charge in [-0.2, -0.15) is 0 Å². The minimum Gasteiger partial charge on any atom is -0.466 e. The molecule has 0 bridgehead atoms. The number of hydrogen-bond acceptors (Lipinski definition) is 4. The molecule has 1 heterocycles. The van der Waals surface area contributed by atoms with Crippen molar-refractivity contribution in [1.82, 2.24) is 0 Å². The van der Waals surface area contributed by atoms with E-state index in [0.29, 0.717) is 6.61 Å². The first-order chi connectivity index (χ1) is 5.65. The second-order valence-corrected chi connectivity index (χ2v) is 2.49. The zero-order chi connectivity index (χ0) is 9.14. The lowest BCUT2D eigenvalue weighted by Gasteiger charge is -2.36. The lowest BCUT2D eigenvalue weighted by atomic mass is 9.86. The lowest BCUT2D eigenvalue weighted by molar-refractivity contribution is -0.374. The third kappa shape index (κ3) is 1.98. The topological polar surface area (TPSA) is 44.8 Å². The predicted octanol–water partition coefficient (Wildman–Crippen LogP) is 0.225. The van der Waals surface area contributed by atoms with Gasteiger partial charge in [0.05, 0.1) is 20.3 Å². The van der Waals surface area contributed by atoms with Crippen LogP contribution in [0.3, 0.4) is 0 Å². The first-order valence-corrected chi connectivity index (χ1v) is 3.88. The van der Waals surface area contributed by atoms with Gasteiger partial charge in [0.15, 0.2) is 12.6 Å². The van der Waals surface area contributed by atoms with Gasteiger partial charge in [0.2, 0.25) is 0 Å². The maximum absolute atomic E-state index is 11.0. The summed E-state index contributed by atoms with van der Waals surface area (Å²) in [7, 11) is 5.45. The van der Waals surface area contributed by atoms with Gasteiger partial charge >= 0.3 is 5.97 Å². The molecule has 4 nitrogen and oxygen atoms in total. The Kier molecular flexibility index (Phi) is 3.11. The molecule has 1 fully saturated rings. The quantitative estimate of drug-likeness (QED) is 0.449. The molecule has 1 aliphatic rings. The van der Waals surface area contributed by atoms with E-state index in [1.54, 1.807) is 13.8 Å². The highest BCUT2D eigenvalue weighted by Gasteiger charge is 2.36. The van der Waals surface area contributed by atoms with E-state index < -0.39 is 18.1 Å². The molecule has 0 saturated carbocycles. The Labute approximate surface area is 72.6 Å². The molecule has 2 radical (unpaired) electrons. The van der Waals surface area contributed by atoms with Gasteiger partial charge in [0.25, 0.3) is 0 Å². The fourth-order valence-electron chi connectivity index (χ4n) is 0.907. The summed E-state index contributed by atoms with van der Waals surface area (Å²) in [5.41, 5.74) is 0. The third-order valence-electron chi connectivity index (χ3n) is 1.50. The normalized spacial score (nSPS) is 30.5. The van der Waals surface area contributed by atoms with E-state index in [1.807, 2.05) is 0 Å². The van der Waals surface area contributed by atoms with Crippen LogP contribution in [-0.4, -0.2) is 33.0 Å². The molecule has 1 atom stereocenters. The molecule has 1 saturated heterocycles. The second-order valence-electron chi connectivity index (χ2n) is 2.49. The first kappa shape index (κ1) is 9.54. The molecule has 12 heavy (non-hydrogen) atoms. The van der Waals surface area contributed by atoms with Crippen LogP contribution in [0.1, 0.15) is 13.8 Å². The monoisotopic (exact) mass is 170 g/mol. The molecule has 0 aliphatic carbocycles. The van der Waals surface area contributed by atoms with E-state index in [9.17, 15) is 4.79 Å². The van der Waals surface area contributed by atoms with E-state index in [4.69, 9.17) is 17.3 Å². The highest BCUT2D eigenvalue weighted by atomic mass is 16.9. The summed E-state index contributed by atoms with van der Waals surface area (Å²) in [6.07, 6.45) is -0.908. The van der Waals surface area contributed by atoms with E-state index >= 15 is 0 Å². The van der Waals surface area contributed by atoms with Crippen molar-refractivity contribution in [2.24, 2.45) is 0 Å². The number of esters is 1. The van der Waals surface area contributed by atoms with Crippen molar-refractivity contribution >= 4 is 13.8 Å². The summed E-state index contributed by atoms with van der Waals surface area (Å²) in [6, 6.07) is 0. The van der Waals surface area contributed by atoms with E-state index in [2.05, 4.69) is 4.74 Å². The van der Waals surface area contributed by atoms with Gasteiger partial charge in [-0.15, -0.1) is 0 Å². The molecule has 66 valence electrons. The van der Waals surface area contributed by atoms with Crippen molar-refractivity contribution in [1.29, 1.82) is 0 Å². The van der Waals surface area contributed by atoms with Crippen LogP contribution in [0, 0.1) is 0 Å². The molecule has 0 amide bonds. The van der Waals surface area contributed by atoms with E-state index in [1.165, 1.54) is 0 Å². The summed E-state index contributed by atoms with van der Waals surface area (Å²) in [5, 5.41) is 0. The third-order valence-corrected chi connectivity index (χ3v) is 1.50. The van der Waals surface area contributed by atoms with Crippen LogP contribution < -0.4 is 0 Å². The van der Waals surface area contributed by atoms with E-state index in [0.717, 1.165) is 0 Å². The maximum atomic E-state index is 11.0. The van der Waals surface area contributed by atoms with Crippen molar-refractivity contribution in [2.75, 3.05) is 6.61 Å². The molecular formula is C7H11BO4. The summed E-state index contributed by atoms with van der Waals surface area (Å²) in [4.78, 5) is 11.0. The summed E-state index contributed by atoms with van der Waals surface area (Å²) >= 11 is 0. The van der Waals surface area contributed by atoms with Gasteiger partial charge < -0.3 is 14.2 Å². The van der Waals surface area contributed by atoms with Crippen molar-refractivity contribution in [3.63, 3.8) is 0 Å². The van der Waals surface area contributed by atoms with Crippen LogP contribution in [0.5, 0.6) is 0 Å². The van der Waals surface area contributed by atoms with Gasteiger partial charge in [-0.1, -0.05) is 0 Å². The van der Waals surface area contributed by atoms with Gasteiger partial charge in [0.1, 0.15) is 0 Å². The maximum Gasteiger partial charge on any atom is 0.305 e. The summed E-state index contributed by atoms with van der Waals surface area (Å²) < 4.78 is 14.7. The number of rotatable bonds is 3. The Morgan fingerprint density at radius 2 is 2.25 bits per heavy atom. The predicted molar refractivity (Wildman–Crippen MR) is 41.6 cm³/mol. The zero-order valence-electron chi connectivity index (χ0n) is 7.15. The number of ether oxygens (including phenoxy) is 3. The zero-order valence-corrected chi connectivity index (χ0v) is 7.15. The van der Waals surface area contributed by atoms with Crippen molar-refractivity contribution in [2.45, 2.75) is 32.2 Å². The molecule has 0 aromatic heterocycles. The van der Waals surface area contributed by atoms with Gasteiger partial charge in [-0.25, -0.2) is 0 Å². The fourth-order valence-corrected chi connectivity index (χ4v) is 0.907. The fraction of sp³-hybridized carbons (Fsp3) is 0.857. The molecule has 5 heteroatoms. The van der Waals surface area contributed by atoms with Crippen molar-refractivity contribution in [3.05, 3.63) is 0 Å². The Balaban J connectivity index is 2.27. The standard InChI is InChI=1S/C7H11BO4/c1-3-10-6(9)5(8)7-11-4(2)12-7/h4-5,7H,3H2,1-2H3. The molecule has 0 spiro atoms.